The van der Waals surface area contributed by atoms with E-state index in [-0.39, 0.29) is 0 Å². The van der Waals surface area contributed by atoms with Crippen molar-refractivity contribution in [2.45, 2.75) is 64.3 Å². The summed E-state index contributed by atoms with van der Waals surface area (Å²) in [4.78, 5) is 0. The van der Waals surface area contributed by atoms with Crippen LogP contribution in [0.2, 0.25) is 0 Å². The number of anilines is 1. The first-order valence-electron chi connectivity index (χ1n) is 9.12. The van der Waals surface area contributed by atoms with Crippen LogP contribution < -0.4 is 5.32 Å². The molecule has 1 aromatic carbocycles. The van der Waals surface area contributed by atoms with Crippen molar-refractivity contribution in [2.75, 3.05) is 5.32 Å². The molecule has 0 radical (unpaired) electrons. The van der Waals surface area contributed by atoms with Gasteiger partial charge in [0.2, 0.25) is 0 Å². The Hall–Kier alpha value is -0.980. The van der Waals surface area contributed by atoms with Gasteiger partial charge in [0.25, 0.3) is 0 Å². The van der Waals surface area contributed by atoms with Gasteiger partial charge in [0.1, 0.15) is 0 Å². The van der Waals surface area contributed by atoms with E-state index < -0.39 is 0 Å². The molecule has 1 atom stereocenters. The third-order valence-corrected chi connectivity index (χ3v) is 7.16. The second-order valence-corrected chi connectivity index (χ2v) is 8.53. The Bertz CT molecular complexity index is 538. The van der Waals surface area contributed by atoms with Crippen LogP contribution in [0.3, 0.4) is 0 Å². The lowest BCUT2D eigenvalue weighted by atomic mass is 9.47. The molecule has 5 aliphatic rings. The van der Waals surface area contributed by atoms with Crippen LogP contribution in [-0.2, 0) is 12.8 Å². The number of rotatable bonds is 2. The van der Waals surface area contributed by atoms with Gasteiger partial charge in [0.15, 0.2) is 0 Å². The van der Waals surface area contributed by atoms with E-state index in [1.807, 2.05) is 0 Å². The summed E-state index contributed by atoms with van der Waals surface area (Å²) in [6.45, 7) is 2.26. The Labute approximate surface area is 128 Å². The van der Waals surface area contributed by atoms with E-state index in [4.69, 9.17) is 0 Å². The highest BCUT2D eigenvalue weighted by atomic mass is 15.0. The first-order chi connectivity index (χ1) is 10.2. The van der Waals surface area contributed by atoms with Crippen LogP contribution in [0.4, 0.5) is 5.69 Å². The summed E-state index contributed by atoms with van der Waals surface area (Å²) in [5, 5.41) is 3.94. The molecule has 0 aromatic heterocycles. The molecule has 4 fully saturated rings. The van der Waals surface area contributed by atoms with Gasteiger partial charge >= 0.3 is 0 Å². The van der Waals surface area contributed by atoms with Gasteiger partial charge in [-0.15, -0.1) is 0 Å². The van der Waals surface area contributed by atoms with Crippen molar-refractivity contribution in [3.05, 3.63) is 29.3 Å². The Kier molecular flexibility index (Phi) is 2.55. The molecule has 6 rings (SSSR count). The maximum absolute atomic E-state index is 3.94. The van der Waals surface area contributed by atoms with Crippen molar-refractivity contribution in [3.63, 3.8) is 0 Å². The Morgan fingerprint density at radius 2 is 1.71 bits per heavy atom. The summed E-state index contributed by atoms with van der Waals surface area (Å²) in [6, 6.07) is 7.85. The van der Waals surface area contributed by atoms with E-state index in [0.29, 0.717) is 5.41 Å². The fourth-order valence-electron chi connectivity index (χ4n) is 6.61. The zero-order valence-corrected chi connectivity index (χ0v) is 13.2. The molecular formula is C20H27N. The molecule has 1 N–H and O–H groups in total. The Morgan fingerprint density at radius 3 is 2.33 bits per heavy atom. The summed E-state index contributed by atoms with van der Waals surface area (Å²) in [7, 11) is 0. The summed E-state index contributed by atoms with van der Waals surface area (Å²) >= 11 is 0. The largest absolute Gasteiger partial charge is 0.381 e. The number of nitrogens with one attached hydrogen (secondary N) is 1. The van der Waals surface area contributed by atoms with Gasteiger partial charge in [0, 0.05) is 11.7 Å². The van der Waals surface area contributed by atoms with Crippen LogP contribution in [0.1, 0.15) is 56.6 Å². The Balaban J connectivity index is 1.45. The minimum atomic E-state index is 0.639. The molecule has 1 nitrogen and oxygen atoms in total. The molecule has 112 valence electrons. The third kappa shape index (κ3) is 1.82. The lowest BCUT2D eigenvalue weighted by Crippen LogP contribution is -2.53. The van der Waals surface area contributed by atoms with Crippen molar-refractivity contribution < 1.29 is 0 Å². The molecule has 4 saturated carbocycles. The van der Waals surface area contributed by atoms with E-state index >= 15 is 0 Å². The summed E-state index contributed by atoms with van der Waals surface area (Å²) in [5.41, 5.74) is 5.17. The van der Waals surface area contributed by atoms with E-state index in [9.17, 15) is 0 Å². The van der Waals surface area contributed by atoms with Gasteiger partial charge in [-0.1, -0.05) is 19.1 Å². The number of fused-ring (bicyclic) bond motifs is 1. The topological polar surface area (TPSA) is 12.0 Å². The maximum Gasteiger partial charge on any atom is 0.0376 e. The number of hydrogen-bond acceptors (Lipinski definition) is 1. The molecule has 4 aliphatic carbocycles. The minimum Gasteiger partial charge on any atom is -0.381 e. The average molecular weight is 281 g/mol. The second-order valence-electron chi connectivity index (χ2n) is 8.53. The highest BCUT2D eigenvalue weighted by molar-refractivity contribution is 5.58. The third-order valence-electron chi connectivity index (χ3n) is 7.16. The second kappa shape index (κ2) is 4.27. The number of hydrogen-bond donors (Lipinski definition) is 1. The van der Waals surface area contributed by atoms with Gasteiger partial charge in [-0.3, -0.25) is 0 Å². The summed E-state index contributed by atoms with van der Waals surface area (Å²) in [6.07, 6.45) is 11.7. The standard InChI is InChI=1S/C20H27N/c1-2-13-3-4-18-17(8-13)9-19(21-18)20-10-14-5-15(11-20)7-16(6-14)12-20/h3-4,8,14-16,19,21H,2,5-7,9-12H2,1H3. The molecule has 4 bridgehead atoms. The van der Waals surface area contributed by atoms with Crippen LogP contribution in [0.15, 0.2) is 18.2 Å². The minimum absolute atomic E-state index is 0.639. The first kappa shape index (κ1) is 12.6. The van der Waals surface area contributed by atoms with E-state index in [1.54, 1.807) is 24.8 Å². The predicted molar refractivity (Wildman–Crippen MR) is 87.5 cm³/mol. The van der Waals surface area contributed by atoms with Gasteiger partial charge < -0.3 is 5.32 Å². The predicted octanol–water partition coefficient (Wildman–Crippen LogP) is 4.80. The Morgan fingerprint density at radius 1 is 1.05 bits per heavy atom. The quantitative estimate of drug-likeness (QED) is 0.821. The number of aryl methyl sites for hydroxylation is 1. The average Bonchev–Trinajstić information content (AvgIpc) is 2.89. The first-order valence-corrected chi connectivity index (χ1v) is 9.12. The zero-order valence-electron chi connectivity index (χ0n) is 13.2. The molecule has 1 aliphatic heterocycles. The fraction of sp³-hybridized carbons (Fsp3) is 0.700. The van der Waals surface area contributed by atoms with Gasteiger partial charge in [-0.05, 0) is 91.7 Å². The van der Waals surface area contributed by atoms with Crippen molar-refractivity contribution in [1.29, 1.82) is 0 Å². The summed E-state index contributed by atoms with van der Waals surface area (Å²) < 4.78 is 0. The van der Waals surface area contributed by atoms with Gasteiger partial charge in [-0.25, -0.2) is 0 Å². The van der Waals surface area contributed by atoms with Crippen LogP contribution in [0.25, 0.3) is 0 Å². The van der Waals surface area contributed by atoms with Crippen molar-refractivity contribution in [2.24, 2.45) is 23.2 Å². The molecule has 1 heteroatoms. The van der Waals surface area contributed by atoms with E-state index in [1.165, 1.54) is 36.9 Å². The van der Waals surface area contributed by atoms with Crippen LogP contribution in [-0.4, -0.2) is 6.04 Å². The number of benzene rings is 1. The molecule has 21 heavy (non-hydrogen) atoms. The lowest BCUT2D eigenvalue weighted by molar-refractivity contribution is -0.0619. The molecule has 0 saturated heterocycles. The fourth-order valence-corrected chi connectivity index (χ4v) is 6.61. The lowest BCUT2D eigenvalue weighted by Gasteiger charge is -2.59. The summed E-state index contributed by atoms with van der Waals surface area (Å²) in [5.74, 6) is 3.19. The highest BCUT2D eigenvalue weighted by Crippen LogP contribution is 2.62. The normalized spacial score (nSPS) is 42.9. The smallest absolute Gasteiger partial charge is 0.0376 e. The van der Waals surface area contributed by atoms with E-state index in [0.717, 1.165) is 30.2 Å². The molecule has 1 aromatic rings. The van der Waals surface area contributed by atoms with Crippen LogP contribution in [0.5, 0.6) is 0 Å². The monoisotopic (exact) mass is 281 g/mol. The van der Waals surface area contributed by atoms with E-state index in [2.05, 4.69) is 30.4 Å². The van der Waals surface area contributed by atoms with Crippen LogP contribution in [0, 0.1) is 23.2 Å². The van der Waals surface area contributed by atoms with Crippen molar-refractivity contribution >= 4 is 5.69 Å². The molecule has 0 spiro atoms. The molecule has 1 unspecified atom stereocenters. The molecular weight excluding hydrogens is 254 g/mol. The van der Waals surface area contributed by atoms with Gasteiger partial charge in [-0.2, -0.15) is 0 Å². The van der Waals surface area contributed by atoms with Crippen molar-refractivity contribution in [1.82, 2.24) is 0 Å². The SMILES string of the molecule is CCc1ccc2c(c1)CC(C13CC4CC(CC(C4)C1)C3)N2. The van der Waals surface area contributed by atoms with Gasteiger partial charge in [0.05, 0.1) is 0 Å². The zero-order chi connectivity index (χ0) is 14.0. The molecule has 1 heterocycles. The maximum atomic E-state index is 3.94. The van der Waals surface area contributed by atoms with Crippen LogP contribution >= 0.6 is 0 Å². The molecule has 0 amide bonds. The highest BCUT2D eigenvalue weighted by Gasteiger charge is 2.54. The van der Waals surface area contributed by atoms with Crippen molar-refractivity contribution in [3.8, 4) is 0 Å².